The fourth-order valence-electron chi connectivity index (χ4n) is 4.25. The largest absolute Gasteiger partial charge is 0.325 e. The third-order valence-electron chi connectivity index (χ3n) is 6.12. The number of carbonyl (C=O) groups is 4. The van der Waals surface area contributed by atoms with Crippen molar-refractivity contribution in [1.29, 1.82) is 0 Å². The van der Waals surface area contributed by atoms with E-state index < -0.39 is 17.5 Å². The molecule has 4 rings (SSSR count). The Morgan fingerprint density at radius 2 is 1.71 bits per heavy atom. The monoisotopic (exact) mass is 419 g/mol. The Bertz CT molecular complexity index is 1030. The fourth-order valence-corrected chi connectivity index (χ4v) is 4.25. The molecular formula is C24H25N3O4. The topological polar surface area (TPSA) is 95.6 Å². The standard InChI is InChI=1S/C24H25N3O4/c1-16-10-12-24(13-11-16)22(30)27(23(31)26-24)15-20(28)25-19-9-5-8-18(14-19)21(29)17-6-3-2-4-7-17/h2-9,14,16H,10-13,15H2,1H3,(H,25,28)(H,26,31). The van der Waals surface area contributed by atoms with Gasteiger partial charge < -0.3 is 10.6 Å². The second-order valence-electron chi connectivity index (χ2n) is 8.41. The van der Waals surface area contributed by atoms with Crippen LogP contribution >= 0.6 is 0 Å². The smallest absolute Gasteiger partial charge is 0.325 e. The third kappa shape index (κ3) is 4.21. The summed E-state index contributed by atoms with van der Waals surface area (Å²) < 4.78 is 0. The van der Waals surface area contributed by atoms with Gasteiger partial charge in [-0.3, -0.25) is 19.3 Å². The van der Waals surface area contributed by atoms with E-state index in [-0.39, 0.29) is 18.2 Å². The van der Waals surface area contributed by atoms with Crippen LogP contribution in [0.1, 0.15) is 48.5 Å². The average Bonchev–Trinajstić information content (AvgIpc) is 3.00. The maximum absolute atomic E-state index is 12.9. The first kappa shape index (κ1) is 20.8. The Morgan fingerprint density at radius 1 is 1.03 bits per heavy atom. The van der Waals surface area contributed by atoms with Crippen LogP contribution in [0.25, 0.3) is 0 Å². The van der Waals surface area contributed by atoms with Crippen LogP contribution in [-0.4, -0.2) is 40.6 Å². The molecule has 0 bridgehead atoms. The molecule has 1 saturated carbocycles. The average molecular weight is 419 g/mol. The van der Waals surface area contributed by atoms with Gasteiger partial charge in [-0.15, -0.1) is 0 Å². The second-order valence-corrected chi connectivity index (χ2v) is 8.41. The van der Waals surface area contributed by atoms with E-state index in [0.29, 0.717) is 35.6 Å². The minimum absolute atomic E-state index is 0.153. The number of carbonyl (C=O) groups excluding carboxylic acids is 4. The lowest BCUT2D eigenvalue weighted by molar-refractivity contribution is -0.135. The summed E-state index contributed by atoms with van der Waals surface area (Å²) in [6, 6.07) is 14.9. The Kier molecular flexibility index (Phi) is 5.59. The number of amides is 4. The van der Waals surface area contributed by atoms with Gasteiger partial charge in [-0.2, -0.15) is 0 Å². The van der Waals surface area contributed by atoms with E-state index >= 15 is 0 Å². The van der Waals surface area contributed by atoms with Crippen molar-refractivity contribution in [3.8, 4) is 0 Å². The van der Waals surface area contributed by atoms with Crippen LogP contribution in [0, 0.1) is 5.92 Å². The molecule has 2 aliphatic rings. The van der Waals surface area contributed by atoms with Gasteiger partial charge in [-0.25, -0.2) is 4.79 Å². The molecule has 2 aromatic rings. The van der Waals surface area contributed by atoms with Crippen molar-refractivity contribution in [2.75, 3.05) is 11.9 Å². The Balaban J connectivity index is 1.42. The number of hydrogen-bond acceptors (Lipinski definition) is 4. The zero-order valence-electron chi connectivity index (χ0n) is 17.4. The van der Waals surface area contributed by atoms with Crippen LogP contribution in [-0.2, 0) is 9.59 Å². The summed E-state index contributed by atoms with van der Waals surface area (Å²) in [5.74, 6) is -0.445. The summed E-state index contributed by atoms with van der Waals surface area (Å²) in [7, 11) is 0. The van der Waals surface area contributed by atoms with Crippen LogP contribution in [0.4, 0.5) is 10.5 Å². The lowest BCUT2D eigenvalue weighted by Crippen LogP contribution is -2.49. The Hall–Kier alpha value is -3.48. The zero-order valence-corrected chi connectivity index (χ0v) is 17.4. The van der Waals surface area contributed by atoms with Gasteiger partial charge in [0.25, 0.3) is 5.91 Å². The van der Waals surface area contributed by atoms with Gasteiger partial charge in [-0.1, -0.05) is 49.4 Å². The summed E-state index contributed by atoms with van der Waals surface area (Å²) in [4.78, 5) is 51.5. The van der Waals surface area contributed by atoms with Crippen LogP contribution < -0.4 is 10.6 Å². The molecule has 0 radical (unpaired) electrons. The Morgan fingerprint density at radius 3 is 2.42 bits per heavy atom. The number of ketones is 1. The number of imide groups is 1. The highest BCUT2D eigenvalue weighted by Gasteiger charge is 2.52. The SMILES string of the molecule is CC1CCC2(CC1)NC(=O)N(CC(=O)Nc1cccc(C(=O)c3ccccc3)c1)C2=O. The first-order valence-electron chi connectivity index (χ1n) is 10.5. The number of nitrogens with one attached hydrogen (secondary N) is 2. The van der Waals surface area contributed by atoms with Crippen LogP contribution in [0.2, 0.25) is 0 Å². The van der Waals surface area contributed by atoms with E-state index in [0.717, 1.165) is 17.7 Å². The van der Waals surface area contributed by atoms with E-state index in [1.54, 1.807) is 48.5 Å². The number of hydrogen-bond donors (Lipinski definition) is 2. The fraction of sp³-hybridized carbons (Fsp3) is 0.333. The molecule has 2 fully saturated rings. The molecule has 4 amide bonds. The van der Waals surface area contributed by atoms with Gasteiger partial charge in [-0.05, 0) is 43.7 Å². The number of nitrogens with zero attached hydrogens (tertiary/aromatic N) is 1. The van der Waals surface area contributed by atoms with Crippen molar-refractivity contribution >= 4 is 29.3 Å². The van der Waals surface area contributed by atoms with Gasteiger partial charge >= 0.3 is 6.03 Å². The first-order valence-corrected chi connectivity index (χ1v) is 10.5. The molecular weight excluding hydrogens is 394 g/mol. The van der Waals surface area contributed by atoms with E-state index in [1.165, 1.54) is 0 Å². The molecule has 0 unspecified atom stereocenters. The van der Waals surface area contributed by atoms with E-state index in [1.807, 2.05) is 6.07 Å². The molecule has 1 heterocycles. The van der Waals surface area contributed by atoms with Gasteiger partial charge in [0, 0.05) is 16.8 Å². The van der Waals surface area contributed by atoms with Gasteiger partial charge in [0.05, 0.1) is 0 Å². The minimum Gasteiger partial charge on any atom is -0.325 e. The highest BCUT2D eigenvalue weighted by Crippen LogP contribution is 2.36. The first-order chi connectivity index (χ1) is 14.9. The van der Waals surface area contributed by atoms with Crippen molar-refractivity contribution < 1.29 is 19.2 Å². The Labute approximate surface area is 180 Å². The number of urea groups is 1. The lowest BCUT2D eigenvalue weighted by Gasteiger charge is -2.33. The normalized spacial score (nSPS) is 23.0. The summed E-state index contributed by atoms with van der Waals surface area (Å²) in [6.45, 7) is 1.77. The molecule has 1 spiro atoms. The van der Waals surface area contributed by atoms with Gasteiger partial charge in [0.1, 0.15) is 12.1 Å². The molecule has 7 heteroatoms. The molecule has 2 N–H and O–H groups in total. The molecule has 2 aromatic carbocycles. The van der Waals surface area contributed by atoms with Crippen molar-refractivity contribution in [3.63, 3.8) is 0 Å². The van der Waals surface area contributed by atoms with Crippen LogP contribution in [0.15, 0.2) is 54.6 Å². The predicted octanol–water partition coefficient (Wildman–Crippen LogP) is 3.36. The van der Waals surface area contributed by atoms with E-state index in [4.69, 9.17) is 0 Å². The molecule has 1 aliphatic heterocycles. The maximum Gasteiger partial charge on any atom is 0.325 e. The van der Waals surface area contributed by atoms with Crippen molar-refractivity contribution in [1.82, 2.24) is 10.2 Å². The van der Waals surface area contributed by atoms with Gasteiger partial charge in [0.15, 0.2) is 5.78 Å². The van der Waals surface area contributed by atoms with Gasteiger partial charge in [0.2, 0.25) is 5.91 Å². The van der Waals surface area contributed by atoms with E-state index in [9.17, 15) is 19.2 Å². The molecule has 7 nitrogen and oxygen atoms in total. The van der Waals surface area contributed by atoms with Crippen molar-refractivity contribution in [2.24, 2.45) is 5.92 Å². The molecule has 160 valence electrons. The van der Waals surface area contributed by atoms with Crippen LogP contribution in [0.5, 0.6) is 0 Å². The summed E-state index contributed by atoms with van der Waals surface area (Å²) in [5, 5.41) is 5.50. The molecule has 0 atom stereocenters. The highest BCUT2D eigenvalue weighted by atomic mass is 16.2. The van der Waals surface area contributed by atoms with Crippen molar-refractivity contribution in [2.45, 2.75) is 38.1 Å². The summed E-state index contributed by atoms with van der Waals surface area (Å²) in [5.41, 5.74) is 0.554. The van der Waals surface area contributed by atoms with E-state index in [2.05, 4.69) is 17.6 Å². The predicted molar refractivity (Wildman–Crippen MR) is 116 cm³/mol. The lowest BCUT2D eigenvalue weighted by atomic mass is 9.77. The number of rotatable bonds is 5. The third-order valence-corrected chi connectivity index (χ3v) is 6.12. The molecule has 1 saturated heterocycles. The zero-order chi connectivity index (χ0) is 22.0. The molecule has 1 aliphatic carbocycles. The summed E-state index contributed by atoms with van der Waals surface area (Å²) in [6.07, 6.45) is 2.93. The minimum atomic E-state index is -0.869. The quantitative estimate of drug-likeness (QED) is 0.574. The van der Waals surface area contributed by atoms with Crippen molar-refractivity contribution in [3.05, 3.63) is 65.7 Å². The molecule has 0 aromatic heterocycles. The molecule has 31 heavy (non-hydrogen) atoms. The highest BCUT2D eigenvalue weighted by molar-refractivity contribution is 6.11. The maximum atomic E-state index is 12.9. The number of anilines is 1. The van der Waals surface area contributed by atoms with Crippen LogP contribution in [0.3, 0.4) is 0 Å². The number of benzene rings is 2. The second kappa shape index (κ2) is 8.34. The summed E-state index contributed by atoms with van der Waals surface area (Å²) >= 11 is 0.